The first-order valence-electron chi connectivity index (χ1n) is 8.09. The molecule has 0 spiro atoms. The molecule has 146 valence electrons. The molecule has 0 aliphatic carbocycles. The minimum atomic E-state index is -0.845. The summed E-state index contributed by atoms with van der Waals surface area (Å²) in [4.78, 5) is 26.8. The lowest BCUT2D eigenvalue weighted by atomic mass is 10.2. The second kappa shape index (κ2) is 8.05. The van der Waals surface area contributed by atoms with Gasteiger partial charge in [-0.1, -0.05) is 23.7 Å². The normalized spacial score (nSPS) is 11.8. The monoisotopic (exact) mass is 405 g/mol. The molecule has 0 saturated carbocycles. The summed E-state index contributed by atoms with van der Waals surface area (Å²) in [7, 11) is 1.26. The van der Waals surface area contributed by atoms with Gasteiger partial charge in [-0.15, -0.1) is 10.2 Å². The molecule has 0 radical (unpaired) electrons. The van der Waals surface area contributed by atoms with Crippen molar-refractivity contribution < 1.29 is 14.5 Å². The Bertz CT molecular complexity index is 1020. The highest BCUT2D eigenvalue weighted by molar-refractivity contribution is 6.30. The predicted octanol–water partition coefficient (Wildman–Crippen LogP) is 2.29. The van der Waals surface area contributed by atoms with Crippen LogP contribution >= 0.6 is 11.6 Å². The van der Waals surface area contributed by atoms with Gasteiger partial charge in [0.1, 0.15) is 18.6 Å². The Labute approximate surface area is 164 Å². The highest BCUT2D eigenvalue weighted by Gasteiger charge is 2.25. The van der Waals surface area contributed by atoms with Crippen LogP contribution in [0.5, 0.6) is 5.88 Å². The fourth-order valence-corrected chi connectivity index (χ4v) is 2.63. The number of carbonyl (C=O) groups excluding carboxylic acids is 1. The van der Waals surface area contributed by atoms with Crippen LogP contribution in [0.4, 0.5) is 11.6 Å². The van der Waals surface area contributed by atoms with E-state index in [1.165, 1.54) is 20.4 Å². The van der Waals surface area contributed by atoms with Gasteiger partial charge >= 0.3 is 11.6 Å². The smallest absolute Gasteiger partial charge is 0.350 e. The summed E-state index contributed by atoms with van der Waals surface area (Å²) < 4.78 is 7.56. The SMILES string of the molecule is COc1nn(C(C)C(=O)Nc2ncn(Cc3cccc(Cl)c3)n2)cc1[N+](=O)[O-]. The first kappa shape index (κ1) is 19.3. The van der Waals surface area contributed by atoms with Crippen LogP contribution in [0, 0.1) is 10.1 Å². The third kappa shape index (κ3) is 4.26. The Balaban J connectivity index is 1.68. The average molecular weight is 406 g/mol. The molecule has 1 unspecified atom stereocenters. The number of rotatable bonds is 7. The highest BCUT2D eigenvalue weighted by Crippen LogP contribution is 2.26. The van der Waals surface area contributed by atoms with E-state index in [2.05, 4.69) is 20.5 Å². The minimum Gasteiger partial charge on any atom is -0.475 e. The molecular formula is C16H16ClN7O4. The quantitative estimate of drug-likeness (QED) is 0.471. The van der Waals surface area contributed by atoms with Gasteiger partial charge in [0.15, 0.2) is 0 Å². The van der Waals surface area contributed by atoms with E-state index in [9.17, 15) is 14.9 Å². The molecule has 1 N–H and O–H groups in total. The molecule has 28 heavy (non-hydrogen) atoms. The van der Waals surface area contributed by atoms with Gasteiger partial charge in [0.2, 0.25) is 5.95 Å². The summed E-state index contributed by atoms with van der Waals surface area (Å²) >= 11 is 5.96. The van der Waals surface area contributed by atoms with E-state index in [4.69, 9.17) is 16.3 Å². The zero-order valence-corrected chi connectivity index (χ0v) is 15.7. The minimum absolute atomic E-state index is 0.104. The van der Waals surface area contributed by atoms with Crippen LogP contribution < -0.4 is 10.1 Å². The van der Waals surface area contributed by atoms with Crippen LogP contribution in [0.1, 0.15) is 18.5 Å². The van der Waals surface area contributed by atoms with Crippen molar-refractivity contribution in [2.45, 2.75) is 19.5 Å². The molecule has 3 rings (SSSR count). The van der Waals surface area contributed by atoms with E-state index < -0.39 is 16.9 Å². The average Bonchev–Trinajstić information content (AvgIpc) is 3.28. The van der Waals surface area contributed by atoms with Crippen molar-refractivity contribution in [3.63, 3.8) is 0 Å². The second-order valence-electron chi connectivity index (χ2n) is 5.82. The van der Waals surface area contributed by atoms with Crippen molar-refractivity contribution in [1.29, 1.82) is 0 Å². The van der Waals surface area contributed by atoms with Gasteiger partial charge in [0.25, 0.3) is 5.91 Å². The van der Waals surface area contributed by atoms with E-state index in [0.29, 0.717) is 11.6 Å². The number of carbonyl (C=O) groups is 1. The maximum absolute atomic E-state index is 12.4. The molecule has 0 aliphatic heterocycles. The number of amides is 1. The maximum atomic E-state index is 12.4. The Morgan fingerprint density at radius 2 is 2.21 bits per heavy atom. The molecule has 12 heteroatoms. The van der Waals surface area contributed by atoms with Gasteiger partial charge < -0.3 is 4.74 Å². The summed E-state index contributed by atoms with van der Waals surface area (Å²) in [5.74, 6) is -0.554. The predicted molar refractivity (Wildman–Crippen MR) is 99.4 cm³/mol. The topological polar surface area (TPSA) is 130 Å². The number of nitrogens with zero attached hydrogens (tertiary/aromatic N) is 6. The highest BCUT2D eigenvalue weighted by atomic mass is 35.5. The molecule has 3 aromatic rings. The zero-order valence-electron chi connectivity index (χ0n) is 14.9. The maximum Gasteiger partial charge on any atom is 0.350 e. The Kier molecular flexibility index (Phi) is 5.54. The number of hydrogen-bond acceptors (Lipinski definition) is 7. The Hall–Kier alpha value is -3.47. The van der Waals surface area contributed by atoms with Crippen LogP contribution in [-0.2, 0) is 11.3 Å². The standard InChI is InChI=1S/C16H16ClN7O4/c1-10(23-8-13(24(26)27)15(20-23)28-2)14(25)19-16-18-9-22(21-16)7-11-4-3-5-12(17)6-11/h3-6,8-10H,7H2,1-2H3,(H,19,21,25). The van der Waals surface area contributed by atoms with Crippen LogP contribution in [0.25, 0.3) is 0 Å². The summed E-state index contributed by atoms with van der Waals surface area (Å²) in [5.41, 5.74) is 0.602. The number of ether oxygens (including phenoxy) is 1. The van der Waals surface area contributed by atoms with Gasteiger partial charge in [-0.3, -0.25) is 20.2 Å². The summed E-state index contributed by atoms with van der Waals surface area (Å²) in [6.07, 6.45) is 2.61. The number of hydrogen-bond donors (Lipinski definition) is 1. The van der Waals surface area contributed by atoms with Crippen molar-refractivity contribution in [3.8, 4) is 5.88 Å². The van der Waals surface area contributed by atoms with Crippen molar-refractivity contribution in [2.24, 2.45) is 0 Å². The van der Waals surface area contributed by atoms with Crippen molar-refractivity contribution in [2.75, 3.05) is 12.4 Å². The molecule has 0 bridgehead atoms. The number of nitrogens with one attached hydrogen (secondary N) is 1. The van der Waals surface area contributed by atoms with Crippen molar-refractivity contribution in [3.05, 3.63) is 57.5 Å². The molecule has 11 nitrogen and oxygen atoms in total. The first-order chi connectivity index (χ1) is 13.4. The number of anilines is 1. The van der Waals surface area contributed by atoms with Gasteiger partial charge in [0.05, 0.1) is 18.6 Å². The summed E-state index contributed by atoms with van der Waals surface area (Å²) in [6, 6.07) is 6.46. The third-order valence-electron chi connectivity index (χ3n) is 3.85. The number of halogens is 1. The number of methoxy groups -OCH3 is 1. The fourth-order valence-electron chi connectivity index (χ4n) is 2.42. The molecule has 0 aliphatic rings. The lowest BCUT2D eigenvalue weighted by Crippen LogP contribution is -2.24. The van der Waals surface area contributed by atoms with Gasteiger partial charge in [-0.2, -0.15) is 0 Å². The lowest BCUT2D eigenvalue weighted by Gasteiger charge is -2.10. The van der Waals surface area contributed by atoms with Crippen LogP contribution in [0.3, 0.4) is 0 Å². The Morgan fingerprint density at radius 1 is 1.43 bits per heavy atom. The zero-order chi connectivity index (χ0) is 20.3. The van der Waals surface area contributed by atoms with Gasteiger partial charge in [0, 0.05) is 5.02 Å². The van der Waals surface area contributed by atoms with E-state index in [-0.39, 0.29) is 17.5 Å². The number of aromatic nitrogens is 5. The van der Waals surface area contributed by atoms with E-state index in [1.807, 2.05) is 18.2 Å². The fraction of sp³-hybridized carbons (Fsp3) is 0.250. The second-order valence-corrected chi connectivity index (χ2v) is 6.26. The van der Waals surface area contributed by atoms with Gasteiger partial charge in [-0.25, -0.2) is 14.3 Å². The van der Waals surface area contributed by atoms with E-state index >= 15 is 0 Å². The van der Waals surface area contributed by atoms with Crippen LogP contribution in [-0.4, -0.2) is 42.5 Å². The molecule has 0 fully saturated rings. The lowest BCUT2D eigenvalue weighted by molar-refractivity contribution is -0.385. The number of benzene rings is 1. The summed E-state index contributed by atoms with van der Waals surface area (Å²) in [5, 5.41) is 22.3. The molecule has 1 amide bonds. The summed E-state index contributed by atoms with van der Waals surface area (Å²) in [6.45, 7) is 1.97. The third-order valence-corrected chi connectivity index (χ3v) is 4.09. The Morgan fingerprint density at radius 3 is 2.86 bits per heavy atom. The molecule has 2 heterocycles. The molecular weight excluding hydrogens is 390 g/mol. The first-order valence-corrected chi connectivity index (χ1v) is 8.47. The van der Waals surface area contributed by atoms with Gasteiger partial charge in [-0.05, 0) is 24.6 Å². The van der Waals surface area contributed by atoms with E-state index in [0.717, 1.165) is 16.4 Å². The van der Waals surface area contributed by atoms with Crippen LogP contribution in [0.2, 0.25) is 5.02 Å². The molecule has 1 atom stereocenters. The van der Waals surface area contributed by atoms with E-state index in [1.54, 1.807) is 10.7 Å². The number of nitro groups is 1. The van der Waals surface area contributed by atoms with Crippen LogP contribution in [0.15, 0.2) is 36.8 Å². The molecule has 0 saturated heterocycles. The molecule has 1 aromatic carbocycles. The molecule has 2 aromatic heterocycles. The largest absolute Gasteiger partial charge is 0.475 e. The van der Waals surface area contributed by atoms with Crippen molar-refractivity contribution >= 4 is 29.1 Å². The van der Waals surface area contributed by atoms with Crippen molar-refractivity contribution in [1.82, 2.24) is 24.5 Å².